The van der Waals surface area contributed by atoms with Gasteiger partial charge in [-0.15, -0.1) is 0 Å². The van der Waals surface area contributed by atoms with Crippen LogP contribution in [-0.4, -0.2) is 67.0 Å². The zero-order valence-corrected chi connectivity index (χ0v) is 14.0. The van der Waals surface area contributed by atoms with Crippen LogP contribution >= 0.6 is 0 Å². The molecule has 3 amide bonds. The molecule has 6 nitrogen and oxygen atoms in total. The van der Waals surface area contributed by atoms with Crippen molar-refractivity contribution in [2.75, 3.05) is 39.3 Å². The Kier molecular flexibility index (Phi) is 5.69. The minimum absolute atomic E-state index is 0.0621. The Morgan fingerprint density at radius 2 is 1.92 bits per heavy atom. The van der Waals surface area contributed by atoms with E-state index in [1.807, 2.05) is 23.1 Å². The highest BCUT2D eigenvalue weighted by atomic mass is 16.2. The van der Waals surface area contributed by atoms with Crippen LogP contribution in [0.2, 0.25) is 0 Å². The van der Waals surface area contributed by atoms with Crippen LogP contribution in [0.25, 0.3) is 0 Å². The van der Waals surface area contributed by atoms with Crippen LogP contribution in [0.3, 0.4) is 0 Å². The molecule has 2 saturated heterocycles. The second-order valence-electron chi connectivity index (χ2n) is 6.52. The number of hydrogen-bond acceptors (Lipinski definition) is 3. The van der Waals surface area contributed by atoms with E-state index in [-0.39, 0.29) is 11.9 Å². The summed E-state index contributed by atoms with van der Waals surface area (Å²) in [5, 5.41) is 5.85. The van der Waals surface area contributed by atoms with Gasteiger partial charge in [0.25, 0.3) is 0 Å². The summed E-state index contributed by atoms with van der Waals surface area (Å²) in [5.41, 5.74) is 1.24. The molecule has 2 heterocycles. The van der Waals surface area contributed by atoms with E-state index in [0.717, 1.165) is 45.4 Å². The molecule has 1 aromatic carbocycles. The number of nitrogens with zero attached hydrogens (tertiary/aromatic N) is 2. The van der Waals surface area contributed by atoms with Crippen molar-refractivity contribution < 1.29 is 9.59 Å². The lowest BCUT2D eigenvalue weighted by Crippen LogP contribution is -2.48. The number of urea groups is 1. The van der Waals surface area contributed by atoms with Crippen molar-refractivity contribution in [2.24, 2.45) is 0 Å². The van der Waals surface area contributed by atoms with Gasteiger partial charge in [-0.2, -0.15) is 0 Å². The highest BCUT2D eigenvalue weighted by Crippen LogP contribution is 2.17. The first-order valence-corrected chi connectivity index (χ1v) is 8.80. The minimum atomic E-state index is 0.0621. The van der Waals surface area contributed by atoms with Gasteiger partial charge in [-0.3, -0.25) is 9.69 Å². The van der Waals surface area contributed by atoms with E-state index < -0.39 is 0 Å². The van der Waals surface area contributed by atoms with Crippen molar-refractivity contribution >= 4 is 11.9 Å². The first-order valence-electron chi connectivity index (χ1n) is 8.80. The summed E-state index contributed by atoms with van der Waals surface area (Å²) >= 11 is 0. The van der Waals surface area contributed by atoms with Gasteiger partial charge >= 0.3 is 6.03 Å². The molecule has 0 aliphatic carbocycles. The molecule has 1 aromatic rings. The van der Waals surface area contributed by atoms with Gasteiger partial charge in [-0.05, 0) is 24.8 Å². The molecule has 24 heavy (non-hydrogen) atoms. The quantitative estimate of drug-likeness (QED) is 0.812. The second kappa shape index (κ2) is 8.15. The van der Waals surface area contributed by atoms with Gasteiger partial charge in [0.15, 0.2) is 0 Å². The number of carbonyl (C=O) groups excluding carboxylic acids is 2. The fourth-order valence-electron chi connectivity index (χ4n) is 3.47. The molecule has 0 radical (unpaired) electrons. The monoisotopic (exact) mass is 330 g/mol. The third-order valence-electron chi connectivity index (χ3n) is 4.83. The molecule has 0 atom stereocenters. The van der Waals surface area contributed by atoms with Crippen molar-refractivity contribution in [3.05, 3.63) is 35.9 Å². The van der Waals surface area contributed by atoms with E-state index in [4.69, 9.17) is 0 Å². The Morgan fingerprint density at radius 1 is 1.17 bits per heavy atom. The lowest BCUT2D eigenvalue weighted by molar-refractivity contribution is -0.122. The van der Waals surface area contributed by atoms with E-state index in [0.29, 0.717) is 19.1 Å². The Hall–Kier alpha value is -2.08. The topological polar surface area (TPSA) is 64.7 Å². The maximum Gasteiger partial charge on any atom is 0.317 e. The van der Waals surface area contributed by atoms with Crippen LogP contribution in [0, 0.1) is 0 Å². The summed E-state index contributed by atoms with van der Waals surface area (Å²) in [6, 6.07) is 10.6. The summed E-state index contributed by atoms with van der Waals surface area (Å²) in [7, 11) is 0. The van der Waals surface area contributed by atoms with E-state index in [9.17, 15) is 9.59 Å². The van der Waals surface area contributed by atoms with Crippen molar-refractivity contribution in [2.45, 2.75) is 25.3 Å². The molecule has 2 aliphatic heterocycles. The maximum atomic E-state index is 12.1. The number of likely N-dealkylation sites (tertiary alicyclic amines) is 1. The predicted octanol–water partition coefficient (Wildman–Crippen LogP) is 0.835. The number of hydrogen-bond donors (Lipinski definition) is 2. The molecule has 0 spiro atoms. The third-order valence-corrected chi connectivity index (χ3v) is 4.83. The predicted molar refractivity (Wildman–Crippen MR) is 92.7 cm³/mol. The number of benzene rings is 1. The highest BCUT2D eigenvalue weighted by molar-refractivity contribution is 5.78. The summed E-state index contributed by atoms with van der Waals surface area (Å²) in [6.07, 6.45) is 2.76. The van der Waals surface area contributed by atoms with Gasteiger partial charge in [0.05, 0.1) is 6.54 Å². The van der Waals surface area contributed by atoms with Crippen molar-refractivity contribution in [3.63, 3.8) is 0 Å². The number of piperidine rings is 1. The fourth-order valence-corrected chi connectivity index (χ4v) is 3.47. The van der Waals surface area contributed by atoms with Gasteiger partial charge in [0.1, 0.15) is 0 Å². The molecule has 2 N–H and O–H groups in total. The first-order chi connectivity index (χ1) is 11.7. The first kappa shape index (κ1) is 16.8. The molecule has 0 saturated carbocycles. The van der Waals surface area contributed by atoms with Crippen molar-refractivity contribution in [1.29, 1.82) is 0 Å². The standard InChI is InChI=1S/C18H26N4O2/c23-17(19-9-6-15-4-2-1-3-5-15)14-21-11-7-16(8-12-21)22-13-10-20-18(22)24/h1-5,16H,6-14H2,(H,19,23)(H,20,24). The van der Waals surface area contributed by atoms with Gasteiger partial charge in [-0.25, -0.2) is 4.79 Å². The Bertz CT molecular complexity index is 555. The molecular weight excluding hydrogens is 304 g/mol. The molecule has 0 aromatic heterocycles. The Balaban J connectivity index is 1.33. The van der Waals surface area contributed by atoms with E-state index in [2.05, 4.69) is 27.7 Å². The van der Waals surface area contributed by atoms with Crippen LogP contribution in [0.1, 0.15) is 18.4 Å². The van der Waals surface area contributed by atoms with Gasteiger partial charge in [0, 0.05) is 38.8 Å². The average Bonchev–Trinajstić information content (AvgIpc) is 3.03. The number of amides is 3. The van der Waals surface area contributed by atoms with Crippen LogP contribution < -0.4 is 10.6 Å². The average molecular weight is 330 g/mol. The largest absolute Gasteiger partial charge is 0.355 e. The van der Waals surface area contributed by atoms with Gasteiger partial charge in [-0.1, -0.05) is 30.3 Å². The van der Waals surface area contributed by atoms with Crippen LogP contribution in [-0.2, 0) is 11.2 Å². The number of carbonyl (C=O) groups is 2. The normalized spacial score (nSPS) is 19.3. The third kappa shape index (κ3) is 4.47. The zero-order chi connectivity index (χ0) is 16.8. The summed E-state index contributed by atoms with van der Waals surface area (Å²) in [5.74, 6) is 0.0864. The molecule has 6 heteroatoms. The summed E-state index contributed by atoms with van der Waals surface area (Å²) in [6.45, 7) is 4.44. The summed E-state index contributed by atoms with van der Waals surface area (Å²) in [4.78, 5) is 27.9. The number of rotatable bonds is 6. The van der Waals surface area contributed by atoms with E-state index >= 15 is 0 Å². The van der Waals surface area contributed by atoms with Crippen LogP contribution in [0.4, 0.5) is 4.79 Å². The lowest BCUT2D eigenvalue weighted by Gasteiger charge is -2.35. The van der Waals surface area contributed by atoms with E-state index in [1.54, 1.807) is 0 Å². The Labute approximate surface area is 143 Å². The van der Waals surface area contributed by atoms with Crippen LogP contribution in [0.5, 0.6) is 0 Å². The van der Waals surface area contributed by atoms with Crippen LogP contribution in [0.15, 0.2) is 30.3 Å². The van der Waals surface area contributed by atoms with Gasteiger partial charge in [0.2, 0.25) is 5.91 Å². The van der Waals surface area contributed by atoms with E-state index in [1.165, 1.54) is 5.56 Å². The Morgan fingerprint density at radius 3 is 2.58 bits per heavy atom. The second-order valence-corrected chi connectivity index (χ2v) is 6.52. The van der Waals surface area contributed by atoms with Crippen molar-refractivity contribution in [1.82, 2.24) is 20.4 Å². The molecule has 0 bridgehead atoms. The highest BCUT2D eigenvalue weighted by Gasteiger charge is 2.30. The molecule has 130 valence electrons. The SMILES string of the molecule is O=C(CN1CCC(N2CCNC2=O)CC1)NCCc1ccccc1. The molecular formula is C18H26N4O2. The van der Waals surface area contributed by atoms with Crippen molar-refractivity contribution in [3.8, 4) is 0 Å². The molecule has 3 rings (SSSR count). The number of nitrogens with one attached hydrogen (secondary N) is 2. The smallest absolute Gasteiger partial charge is 0.317 e. The zero-order valence-electron chi connectivity index (χ0n) is 14.0. The fraction of sp³-hybridized carbons (Fsp3) is 0.556. The molecule has 0 unspecified atom stereocenters. The molecule has 2 fully saturated rings. The van der Waals surface area contributed by atoms with Gasteiger partial charge < -0.3 is 15.5 Å². The minimum Gasteiger partial charge on any atom is -0.355 e. The summed E-state index contributed by atoms with van der Waals surface area (Å²) < 4.78 is 0. The lowest BCUT2D eigenvalue weighted by atomic mass is 10.0. The maximum absolute atomic E-state index is 12.1. The molecule has 2 aliphatic rings.